The summed E-state index contributed by atoms with van der Waals surface area (Å²) in [5.74, 6) is 0. The van der Waals surface area contributed by atoms with Crippen molar-refractivity contribution in [1.82, 2.24) is 0 Å². The van der Waals surface area contributed by atoms with Crippen LogP contribution >= 0.6 is 23.2 Å². The molecule has 21 heavy (non-hydrogen) atoms. The topological polar surface area (TPSA) is 84.2 Å². The third-order valence-electron chi connectivity index (χ3n) is 2.61. The van der Waals surface area contributed by atoms with Crippen LogP contribution in [0.3, 0.4) is 0 Å². The molecule has 8 heteroatoms. The molecule has 0 aliphatic carbocycles. The molecule has 0 bridgehead atoms. The standard InChI is InChI=1S/C13H13Cl2N3O2S/c14-10-4-5-13(15)9(6-10)8-17-11-2-1-3-12(7-11)18-21(16,19)20/h1-7,17-18H,8H2,(H2,16,19,20). The number of hydrogen-bond acceptors (Lipinski definition) is 3. The quantitative estimate of drug-likeness (QED) is 0.777. The summed E-state index contributed by atoms with van der Waals surface area (Å²) in [5, 5.41) is 9.26. The lowest BCUT2D eigenvalue weighted by Gasteiger charge is -2.10. The molecular formula is C13H13Cl2N3O2S. The van der Waals surface area contributed by atoms with Crippen LogP contribution in [0.1, 0.15) is 5.56 Å². The van der Waals surface area contributed by atoms with Crippen molar-refractivity contribution in [2.45, 2.75) is 6.54 Å². The Hall–Kier alpha value is -1.47. The van der Waals surface area contributed by atoms with Crippen LogP contribution in [-0.4, -0.2) is 8.42 Å². The molecule has 2 aromatic carbocycles. The summed E-state index contributed by atoms with van der Waals surface area (Å²) in [7, 11) is -3.79. The van der Waals surface area contributed by atoms with Crippen molar-refractivity contribution in [3.63, 3.8) is 0 Å². The second-order valence-corrected chi connectivity index (χ2v) is 6.45. The monoisotopic (exact) mass is 345 g/mol. The number of anilines is 2. The molecule has 0 aliphatic rings. The van der Waals surface area contributed by atoms with E-state index >= 15 is 0 Å². The van der Waals surface area contributed by atoms with Gasteiger partial charge in [0.1, 0.15) is 0 Å². The predicted octanol–water partition coefficient (Wildman–Crippen LogP) is 3.22. The maximum absolute atomic E-state index is 11.0. The van der Waals surface area contributed by atoms with Gasteiger partial charge in [0.25, 0.3) is 10.2 Å². The lowest BCUT2D eigenvalue weighted by Crippen LogP contribution is -2.21. The fraction of sp³-hybridized carbons (Fsp3) is 0.0769. The second-order valence-electron chi connectivity index (χ2n) is 4.32. The van der Waals surface area contributed by atoms with Crippen molar-refractivity contribution in [3.05, 3.63) is 58.1 Å². The molecule has 0 unspecified atom stereocenters. The Morgan fingerprint density at radius 1 is 1.05 bits per heavy atom. The van der Waals surface area contributed by atoms with Gasteiger partial charge in [-0.1, -0.05) is 29.3 Å². The summed E-state index contributed by atoms with van der Waals surface area (Å²) < 4.78 is 24.2. The summed E-state index contributed by atoms with van der Waals surface area (Å²) in [6.45, 7) is 0.457. The highest BCUT2D eigenvalue weighted by molar-refractivity contribution is 7.90. The van der Waals surface area contributed by atoms with E-state index in [9.17, 15) is 8.42 Å². The second kappa shape index (κ2) is 6.53. The molecule has 0 aliphatic heterocycles. The van der Waals surface area contributed by atoms with E-state index in [0.717, 1.165) is 11.3 Å². The van der Waals surface area contributed by atoms with Crippen LogP contribution in [0.15, 0.2) is 42.5 Å². The Labute approximate surface area is 133 Å². The molecule has 2 rings (SSSR count). The van der Waals surface area contributed by atoms with Crippen molar-refractivity contribution in [2.24, 2.45) is 5.14 Å². The Balaban J connectivity index is 2.10. The first-order chi connectivity index (χ1) is 9.83. The molecular weight excluding hydrogens is 333 g/mol. The van der Waals surface area contributed by atoms with Crippen LogP contribution in [0, 0.1) is 0 Å². The van der Waals surface area contributed by atoms with E-state index in [1.54, 1.807) is 42.5 Å². The Kier molecular flexibility index (Phi) is 4.95. The molecule has 0 heterocycles. The fourth-order valence-corrected chi connectivity index (χ4v) is 2.57. The maximum atomic E-state index is 11.0. The summed E-state index contributed by atoms with van der Waals surface area (Å²) >= 11 is 12.0. The third kappa shape index (κ3) is 5.09. The zero-order valence-electron chi connectivity index (χ0n) is 10.8. The Morgan fingerprint density at radius 3 is 2.48 bits per heavy atom. The van der Waals surface area contributed by atoms with Crippen molar-refractivity contribution in [2.75, 3.05) is 10.0 Å². The van der Waals surface area contributed by atoms with E-state index in [-0.39, 0.29) is 0 Å². The fourth-order valence-electron chi connectivity index (χ4n) is 1.73. The van der Waals surface area contributed by atoms with Crippen LogP contribution in [0.2, 0.25) is 10.0 Å². The highest BCUT2D eigenvalue weighted by atomic mass is 35.5. The van der Waals surface area contributed by atoms with Gasteiger partial charge in [0.05, 0.1) is 5.69 Å². The van der Waals surface area contributed by atoms with E-state index in [0.29, 0.717) is 22.3 Å². The van der Waals surface area contributed by atoms with E-state index < -0.39 is 10.2 Å². The molecule has 0 spiro atoms. The molecule has 0 fully saturated rings. The predicted molar refractivity (Wildman–Crippen MR) is 87.0 cm³/mol. The molecule has 5 nitrogen and oxygen atoms in total. The molecule has 4 N–H and O–H groups in total. The van der Waals surface area contributed by atoms with Gasteiger partial charge in [0, 0.05) is 22.3 Å². The van der Waals surface area contributed by atoms with Gasteiger partial charge < -0.3 is 5.32 Å². The van der Waals surface area contributed by atoms with Crippen LogP contribution < -0.4 is 15.2 Å². The summed E-state index contributed by atoms with van der Waals surface area (Å²) in [4.78, 5) is 0. The van der Waals surface area contributed by atoms with E-state index in [4.69, 9.17) is 28.3 Å². The molecule has 2 aromatic rings. The SMILES string of the molecule is NS(=O)(=O)Nc1cccc(NCc2cc(Cl)ccc2Cl)c1. The lowest BCUT2D eigenvalue weighted by molar-refractivity contribution is 0.603. The van der Waals surface area contributed by atoms with Crippen LogP contribution in [-0.2, 0) is 16.8 Å². The summed E-state index contributed by atoms with van der Waals surface area (Å²) in [6.07, 6.45) is 0. The van der Waals surface area contributed by atoms with Crippen molar-refractivity contribution in [1.29, 1.82) is 0 Å². The number of rotatable bonds is 5. The molecule has 0 aromatic heterocycles. The Bertz CT molecular complexity index is 751. The molecule has 0 amide bonds. The van der Waals surface area contributed by atoms with Gasteiger partial charge in [-0.3, -0.25) is 4.72 Å². The number of nitrogens with two attached hydrogens (primary N) is 1. The normalized spacial score (nSPS) is 11.2. The smallest absolute Gasteiger partial charge is 0.296 e. The first-order valence-electron chi connectivity index (χ1n) is 5.92. The highest BCUT2D eigenvalue weighted by Gasteiger charge is 2.04. The zero-order valence-corrected chi connectivity index (χ0v) is 13.1. The van der Waals surface area contributed by atoms with Crippen molar-refractivity contribution < 1.29 is 8.42 Å². The van der Waals surface area contributed by atoms with Gasteiger partial charge in [-0.2, -0.15) is 8.42 Å². The van der Waals surface area contributed by atoms with Crippen molar-refractivity contribution >= 4 is 44.8 Å². The molecule has 112 valence electrons. The van der Waals surface area contributed by atoms with Crippen molar-refractivity contribution in [3.8, 4) is 0 Å². The number of nitrogens with one attached hydrogen (secondary N) is 2. The average Bonchev–Trinajstić information content (AvgIpc) is 2.38. The lowest BCUT2D eigenvalue weighted by atomic mass is 10.2. The number of halogens is 2. The van der Waals surface area contributed by atoms with Gasteiger partial charge >= 0.3 is 0 Å². The van der Waals surface area contributed by atoms with Gasteiger partial charge in [0.15, 0.2) is 0 Å². The summed E-state index contributed by atoms with van der Waals surface area (Å²) in [5.41, 5.74) is 1.94. The van der Waals surface area contributed by atoms with E-state index in [1.165, 1.54) is 0 Å². The maximum Gasteiger partial charge on any atom is 0.296 e. The van der Waals surface area contributed by atoms with Crippen LogP contribution in [0.4, 0.5) is 11.4 Å². The van der Waals surface area contributed by atoms with E-state index in [1.807, 2.05) is 0 Å². The molecule has 0 saturated heterocycles. The van der Waals surface area contributed by atoms with Gasteiger partial charge in [-0.25, -0.2) is 5.14 Å². The minimum Gasteiger partial charge on any atom is -0.381 e. The Morgan fingerprint density at radius 2 is 1.76 bits per heavy atom. The van der Waals surface area contributed by atoms with Crippen LogP contribution in [0.25, 0.3) is 0 Å². The molecule has 0 saturated carbocycles. The number of hydrogen-bond donors (Lipinski definition) is 3. The zero-order chi connectivity index (χ0) is 15.5. The molecule has 0 radical (unpaired) electrons. The minimum atomic E-state index is -3.79. The van der Waals surface area contributed by atoms with Gasteiger partial charge in [-0.05, 0) is 42.0 Å². The van der Waals surface area contributed by atoms with E-state index in [2.05, 4.69) is 10.0 Å². The summed E-state index contributed by atoms with van der Waals surface area (Å²) in [6, 6.07) is 11.9. The number of benzene rings is 2. The average molecular weight is 346 g/mol. The highest BCUT2D eigenvalue weighted by Crippen LogP contribution is 2.22. The molecule has 0 atom stereocenters. The third-order valence-corrected chi connectivity index (χ3v) is 3.74. The van der Waals surface area contributed by atoms with Gasteiger partial charge in [-0.15, -0.1) is 0 Å². The first kappa shape index (κ1) is 15.9. The van der Waals surface area contributed by atoms with Gasteiger partial charge in [0.2, 0.25) is 0 Å². The minimum absolute atomic E-state index is 0.375. The largest absolute Gasteiger partial charge is 0.381 e. The van der Waals surface area contributed by atoms with Crippen LogP contribution in [0.5, 0.6) is 0 Å². The first-order valence-corrected chi connectivity index (χ1v) is 8.22.